The van der Waals surface area contributed by atoms with Crippen LogP contribution in [-0.4, -0.2) is 100 Å². The number of unbranched alkanes of at least 4 members (excludes halogenated alkanes) is 1. The smallest absolute Gasteiger partial charge is 0.326 e. The van der Waals surface area contributed by atoms with Crippen molar-refractivity contribution in [3.63, 3.8) is 0 Å². The second-order valence-corrected chi connectivity index (χ2v) is 13.3. The highest BCUT2D eigenvalue weighted by Crippen LogP contribution is 2.23. The molecule has 0 saturated carbocycles. The van der Waals surface area contributed by atoms with Gasteiger partial charge in [-0.05, 0) is 52.2 Å². The monoisotopic (exact) mass is 594 g/mol. The quantitative estimate of drug-likeness (QED) is 0.186. The van der Waals surface area contributed by atoms with Crippen LogP contribution in [0.4, 0.5) is 0 Å². The van der Waals surface area contributed by atoms with Crippen molar-refractivity contribution in [2.24, 2.45) is 11.3 Å². The largest absolute Gasteiger partial charge is 0.480 e. The van der Waals surface area contributed by atoms with Gasteiger partial charge in [0.25, 0.3) is 0 Å². The zero-order valence-electron chi connectivity index (χ0n) is 24.8. The summed E-state index contributed by atoms with van der Waals surface area (Å²) in [5.74, 6) is -2.27. The molecule has 0 unspecified atom stereocenters. The average molecular weight is 595 g/mol. The SMILES string of the molecule is CC(C)[C@H](NC(=O)C(C)(C)CCn1cc(-c2cnc(S(C)(=O)=O)nc2)nn1)C(=O)N[C@@H](CCCCN(C)C)C(=O)O. The van der Waals surface area contributed by atoms with Crippen molar-refractivity contribution >= 4 is 27.6 Å². The van der Waals surface area contributed by atoms with Crippen LogP contribution in [0.5, 0.6) is 0 Å². The number of nitrogens with one attached hydrogen (secondary N) is 2. The van der Waals surface area contributed by atoms with Gasteiger partial charge < -0.3 is 20.6 Å². The van der Waals surface area contributed by atoms with Gasteiger partial charge >= 0.3 is 5.97 Å². The van der Waals surface area contributed by atoms with Crippen LogP contribution in [0, 0.1) is 11.3 Å². The summed E-state index contributed by atoms with van der Waals surface area (Å²) in [7, 11) is 0.361. The Morgan fingerprint density at radius 2 is 1.73 bits per heavy atom. The van der Waals surface area contributed by atoms with E-state index < -0.39 is 39.2 Å². The molecule has 2 rings (SSSR count). The van der Waals surface area contributed by atoms with Gasteiger partial charge in [0.15, 0.2) is 0 Å². The van der Waals surface area contributed by atoms with Crippen molar-refractivity contribution in [2.75, 3.05) is 26.9 Å². The fourth-order valence-corrected chi connectivity index (χ4v) is 4.34. The third-order valence-electron chi connectivity index (χ3n) is 6.57. The van der Waals surface area contributed by atoms with Gasteiger partial charge in [-0.2, -0.15) is 0 Å². The Bertz CT molecular complexity index is 1290. The third-order valence-corrected chi connectivity index (χ3v) is 7.45. The second-order valence-electron chi connectivity index (χ2n) is 11.4. The van der Waals surface area contributed by atoms with E-state index in [0.717, 1.165) is 19.2 Å². The number of rotatable bonds is 16. The zero-order valence-corrected chi connectivity index (χ0v) is 25.6. The van der Waals surface area contributed by atoms with Gasteiger partial charge in [-0.3, -0.25) is 14.3 Å². The van der Waals surface area contributed by atoms with E-state index in [4.69, 9.17) is 0 Å². The van der Waals surface area contributed by atoms with Gasteiger partial charge in [0, 0.05) is 36.2 Å². The number of carbonyl (C=O) groups is 3. The standard InChI is InChI=1S/C26H42N8O6S/c1-17(2)21(22(35)29-19(23(36)37)10-8-9-12-33(5)6)30-24(38)26(3,4)11-13-34-16-20(31-32-34)18-14-27-25(28-15-18)41(7,39)40/h14-17,19,21H,8-13H2,1-7H3,(H,29,35)(H,30,38)(H,36,37)/t19-,21-/m0/s1. The molecule has 0 radical (unpaired) electrons. The summed E-state index contributed by atoms with van der Waals surface area (Å²) in [5.41, 5.74) is 0.0420. The predicted molar refractivity (Wildman–Crippen MR) is 151 cm³/mol. The molecule has 0 saturated heterocycles. The predicted octanol–water partition coefficient (Wildman–Crippen LogP) is 0.997. The van der Waals surface area contributed by atoms with Gasteiger partial charge in [-0.15, -0.1) is 5.10 Å². The number of carboxylic acid groups (broad SMARTS) is 1. The first-order chi connectivity index (χ1) is 19.0. The maximum atomic E-state index is 13.2. The van der Waals surface area contributed by atoms with Crippen molar-refractivity contribution in [1.29, 1.82) is 0 Å². The lowest BCUT2D eigenvalue weighted by atomic mass is 9.87. The van der Waals surface area contributed by atoms with Gasteiger partial charge in [0.1, 0.15) is 17.8 Å². The molecule has 3 N–H and O–H groups in total. The molecule has 2 atom stereocenters. The first-order valence-electron chi connectivity index (χ1n) is 13.4. The Hall–Kier alpha value is -3.46. The number of aliphatic carboxylic acids is 1. The van der Waals surface area contributed by atoms with Crippen molar-refractivity contribution in [3.05, 3.63) is 18.6 Å². The van der Waals surface area contributed by atoms with Crippen LogP contribution >= 0.6 is 0 Å². The molecule has 41 heavy (non-hydrogen) atoms. The van der Waals surface area contributed by atoms with Gasteiger partial charge in [0.05, 0.1) is 6.20 Å². The van der Waals surface area contributed by atoms with Crippen LogP contribution in [0.1, 0.15) is 53.4 Å². The lowest BCUT2D eigenvalue weighted by Gasteiger charge is -2.29. The number of hydrogen-bond donors (Lipinski definition) is 3. The minimum absolute atomic E-state index is 0.271. The summed E-state index contributed by atoms with van der Waals surface area (Å²) in [4.78, 5) is 47.7. The van der Waals surface area contributed by atoms with Crippen molar-refractivity contribution in [3.8, 4) is 11.3 Å². The van der Waals surface area contributed by atoms with Gasteiger partial charge in [-0.1, -0.05) is 32.9 Å². The number of nitrogens with zero attached hydrogens (tertiary/aromatic N) is 6. The fourth-order valence-electron chi connectivity index (χ4n) is 3.85. The number of amides is 2. The minimum atomic E-state index is -3.52. The topological polar surface area (TPSA) is 189 Å². The molecule has 0 aliphatic rings. The summed E-state index contributed by atoms with van der Waals surface area (Å²) < 4.78 is 24.7. The van der Waals surface area contributed by atoms with Crippen molar-refractivity contribution in [2.45, 2.75) is 77.2 Å². The first kappa shape index (κ1) is 33.7. The molecular weight excluding hydrogens is 552 g/mol. The Morgan fingerprint density at radius 3 is 2.27 bits per heavy atom. The van der Waals surface area contributed by atoms with E-state index in [1.807, 2.05) is 19.0 Å². The zero-order chi connectivity index (χ0) is 31.0. The van der Waals surface area contributed by atoms with E-state index in [9.17, 15) is 27.9 Å². The number of carboxylic acids is 1. The molecule has 2 amide bonds. The Kier molecular flexibility index (Phi) is 11.9. The molecule has 228 valence electrons. The third kappa shape index (κ3) is 10.5. The normalized spacial score (nSPS) is 13.7. The molecule has 0 fully saturated rings. The van der Waals surface area contributed by atoms with Crippen LogP contribution in [0.3, 0.4) is 0 Å². The van der Waals surface area contributed by atoms with E-state index in [2.05, 4.69) is 30.9 Å². The summed E-state index contributed by atoms with van der Waals surface area (Å²) in [6.45, 7) is 8.22. The van der Waals surface area contributed by atoms with E-state index in [0.29, 0.717) is 37.1 Å². The Balaban J connectivity index is 1.99. The molecule has 0 bridgehead atoms. The van der Waals surface area contributed by atoms with E-state index in [-0.39, 0.29) is 17.0 Å². The van der Waals surface area contributed by atoms with Gasteiger partial charge in [-0.25, -0.2) is 23.2 Å². The maximum absolute atomic E-state index is 13.2. The molecule has 2 aromatic rings. The minimum Gasteiger partial charge on any atom is -0.480 e. The molecular formula is C26H42N8O6S. The molecule has 15 heteroatoms. The van der Waals surface area contributed by atoms with Crippen molar-refractivity contribution < 1.29 is 27.9 Å². The van der Waals surface area contributed by atoms with Crippen LogP contribution in [0.15, 0.2) is 23.7 Å². The summed E-state index contributed by atoms with van der Waals surface area (Å²) >= 11 is 0. The molecule has 2 aromatic heterocycles. The van der Waals surface area contributed by atoms with Gasteiger partial charge in [0.2, 0.25) is 26.8 Å². The lowest BCUT2D eigenvalue weighted by Crippen LogP contribution is -2.55. The number of aryl methyl sites for hydroxylation is 1. The van der Waals surface area contributed by atoms with Crippen LogP contribution in [0.2, 0.25) is 0 Å². The van der Waals surface area contributed by atoms with Crippen LogP contribution in [0.25, 0.3) is 11.3 Å². The summed E-state index contributed by atoms with van der Waals surface area (Å²) in [6, 6.07) is -1.94. The Labute approximate surface area is 241 Å². The molecule has 2 heterocycles. The first-order valence-corrected chi connectivity index (χ1v) is 15.3. The molecule has 14 nitrogen and oxygen atoms in total. The highest BCUT2D eigenvalue weighted by atomic mass is 32.2. The Morgan fingerprint density at radius 1 is 1.10 bits per heavy atom. The van der Waals surface area contributed by atoms with Crippen molar-refractivity contribution in [1.82, 2.24) is 40.5 Å². The lowest BCUT2D eigenvalue weighted by molar-refractivity contribution is -0.143. The van der Waals surface area contributed by atoms with Crippen LogP contribution < -0.4 is 10.6 Å². The highest BCUT2D eigenvalue weighted by Gasteiger charge is 2.34. The maximum Gasteiger partial charge on any atom is 0.326 e. The molecule has 0 spiro atoms. The summed E-state index contributed by atoms with van der Waals surface area (Å²) in [5, 5.41) is 22.9. The van der Waals surface area contributed by atoms with E-state index in [1.165, 1.54) is 12.4 Å². The average Bonchev–Trinajstić information content (AvgIpc) is 3.36. The molecule has 0 aliphatic heterocycles. The molecule has 0 aromatic carbocycles. The molecule has 0 aliphatic carbocycles. The number of carbonyl (C=O) groups excluding carboxylic acids is 2. The van der Waals surface area contributed by atoms with E-state index in [1.54, 1.807) is 38.6 Å². The number of aromatic nitrogens is 5. The fraction of sp³-hybridized carbons (Fsp3) is 0.654. The number of hydrogen-bond acceptors (Lipinski definition) is 10. The van der Waals surface area contributed by atoms with Crippen LogP contribution in [-0.2, 0) is 30.8 Å². The second kappa shape index (κ2) is 14.4. The van der Waals surface area contributed by atoms with E-state index >= 15 is 0 Å². The highest BCUT2D eigenvalue weighted by molar-refractivity contribution is 7.90. The number of sulfone groups is 1. The summed E-state index contributed by atoms with van der Waals surface area (Å²) in [6.07, 6.45) is 7.48.